The fourth-order valence-corrected chi connectivity index (χ4v) is 1.49. The lowest BCUT2D eigenvalue weighted by Gasteiger charge is -2.18. The minimum absolute atomic E-state index is 0.0336. The summed E-state index contributed by atoms with van der Waals surface area (Å²) in [4.78, 5) is 22.7. The Hall–Kier alpha value is -1.39. The van der Waals surface area contributed by atoms with Gasteiger partial charge in [0, 0.05) is 26.4 Å². The van der Waals surface area contributed by atoms with Crippen LogP contribution in [0.2, 0.25) is 0 Å². The monoisotopic (exact) mass is 209 g/mol. The predicted octanol–water partition coefficient (Wildman–Crippen LogP) is 0.121. The molecule has 1 heterocycles. The fraction of sp³-hybridized carbons (Fsp3) is 0.700. The molecule has 0 aromatic rings. The Morgan fingerprint density at radius 2 is 2.27 bits per heavy atom. The number of hydrogen-bond donors (Lipinski definition) is 1. The van der Waals surface area contributed by atoms with E-state index in [1.54, 1.807) is 7.05 Å². The third-order valence-corrected chi connectivity index (χ3v) is 2.72. The zero-order valence-corrected chi connectivity index (χ0v) is 8.82. The van der Waals surface area contributed by atoms with Crippen LogP contribution in [0.4, 0.5) is 0 Å². The van der Waals surface area contributed by atoms with Crippen LogP contribution in [-0.2, 0) is 9.59 Å². The van der Waals surface area contributed by atoms with Gasteiger partial charge in [0.1, 0.15) is 5.71 Å². The largest absolute Gasteiger partial charge is 0.351 e. The SMILES string of the molecule is CN1N=C(C(=O)NCC2CC2)CCC1=O. The maximum absolute atomic E-state index is 11.6. The number of amides is 2. The molecule has 0 saturated heterocycles. The van der Waals surface area contributed by atoms with E-state index in [0.29, 0.717) is 24.5 Å². The molecule has 0 unspecified atom stereocenters. The van der Waals surface area contributed by atoms with Crippen LogP contribution < -0.4 is 5.32 Å². The summed E-state index contributed by atoms with van der Waals surface area (Å²) >= 11 is 0. The number of carbonyl (C=O) groups is 2. The normalized spacial score (nSPS) is 21.3. The third kappa shape index (κ3) is 2.55. The Morgan fingerprint density at radius 1 is 1.53 bits per heavy atom. The molecule has 0 bridgehead atoms. The molecular formula is C10H15N3O2. The van der Waals surface area contributed by atoms with Gasteiger partial charge in [-0.1, -0.05) is 0 Å². The summed E-state index contributed by atoms with van der Waals surface area (Å²) in [6.07, 6.45) is 3.27. The van der Waals surface area contributed by atoms with Crippen LogP contribution in [0.25, 0.3) is 0 Å². The fourth-order valence-electron chi connectivity index (χ4n) is 1.49. The van der Waals surface area contributed by atoms with Gasteiger partial charge in [0.2, 0.25) is 5.91 Å². The topological polar surface area (TPSA) is 61.8 Å². The van der Waals surface area contributed by atoms with Crippen LogP contribution in [0.5, 0.6) is 0 Å². The van der Waals surface area contributed by atoms with E-state index in [9.17, 15) is 9.59 Å². The predicted molar refractivity (Wildman–Crippen MR) is 55.2 cm³/mol. The van der Waals surface area contributed by atoms with E-state index < -0.39 is 0 Å². The number of nitrogens with one attached hydrogen (secondary N) is 1. The quantitative estimate of drug-likeness (QED) is 0.717. The molecule has 1 fully saturated rings. The molecule has 0 atom stereocenters. The van der Waals surface area contributed by atoms with E-state index in [4.69, 9.17) is 0 Å². The van der Waals surface area contributed by atoms with Crippen molar-refractivity contribution >= 4 is 17.5 Å². The van der Waals surface area contributed by atoms with Gasteiger partial charge in [0.05, 0.1) is 0 Å². The van der Waals surface area contributed by atoms with Gasteiger partial charge < -0.3 is 5.32 Å². The minimum atomic E-state index is -0.124. The highest BCUT2D eigenvalue weighted by Gasteiger charge is 2.25. The van der Waals surface area contributed by atoms with E-state index in [1.807, 2.05) is 0 Å². The van der Waals surface area contributed by atoms with Gasteiger partial charge in [-0.15, -0.1) is 0 Å². The van der Waals surface area contributed by atoms with Gasteiger partial charge in [-0.3, -0.25) is 9.59 Å². The van der Waals surface area contributed by atoms with Crippen molar-refractivity contribution in [3.63, 3.8) is 0 Å². The number of nitrogens with zero attached hydrogens (tertiary/aromatic N) is 2. The van der Waals surface area contributed by atoms with Crippen molar-refractivity contribution in [2.75, 3.05) is 13.6 Å². The van der Waals surface area contributed by atoms with Gasteiger partial charge in [-0.05, 0) is 18.8 Å². The Bertz CT molecular complexity index is 321. The molecule has 2 amide bonds. The van der Waals surface area contributed by atoms with Gasteiger partial charge in [0.25, 0.3) is 5.91 Å². The first-order valence-corrected chi connectivity index (χ1v) is 5.29. The molecule has 2 rings (SSSR count). The van der Waals surface area contributed by atoms with E-state index in [2.05, 4.69) is 10.4 Å². The van der Waals surface area contributed by atoms with E-state index >= 15 is 0 Å². The standard InChI is InChI=1S/C10H15N3O2/c1-13-9(14)5-4-8(12-13)10(15)11-6-7-2-3-7/h7H,2-6H2,1H3,(H,11,15). The second kappa shape index (κ2) is 4.00. The Labute approximate surface area is 88.5 Å². The third-order valence-electron chi connectivity index (χ3n) is 2.72. The molecular weight excluding hydrogens is 194 g/mol. The summed E-state index contributed by atoms with van der Waals surface area (Å²) in [5, 5.41) is 8.04. The summed E-state index contributed by atoms with van der Waals surface area (Å²) < 4.78 is 0. The van der Waals surface area contributed by atoms with Crippen molar-refractivity contribution in [3.05, 3.63) is 0 Å². The molecule has 82 valence electrons. The molecule has 1 saturated carbocycles. The zero-order valence-electron chi connectivity index (χ0n) is 8.82. The lowest BCUT2D eigenvalue weighted by molar-refractivity contribution is -0.130. The number of hydrazone groups is 1. The lowest BCUT2D eigenvalue weighted by Crippen LogP contribution is -2.38. The first-order chi connectivity index (χ1) is 7.16. The van der Waals surface area contributed by atoms with Gasteiger partial charge in [0.15, 0.2) is 0 Å². The molecule has 0 aromatic heterocycles. The molecule has 0 aromatic carbocycles. The molecule has 2 aliphatic rings. The van der Waals surface area contributed by atoms with Crippen LogP contribution in [0.1, 0.15) is 25.7 Å². The van der Waals surface area contributed by atoms with Crippen molar-refractivity contribution in [1.29, 1.82) is 0 Å². The molecule has 1 N–H and O–H groups in total. The maximum atomic E-state index is 11.6. The molecule has 1 aliphatic heterocycles. The van der Waals surface area contributed by atoms with Crippen molar-refractivity contribution in [3.8, 4) is 0 Å². The summed E-state index contributed by atoms with van der Waals surface area (Å²) in [7, 11) is 1.58. The van der Waals surface area contributed by atoms with Crippen molar-refractivity contribution < 1.29 is 9.59 Å². The Balaban J connectivity index is 1.88. The number of rotatable bonds is 3. The van der Waals surface area contributed by atoms with Gasteiger partial charge in [-0.2, -0.15) is 5.10 Å². The molecule has 0 radical (unpaired) electrons. The highest BCUT2D eigenvalue weighted by molar-refractivity contribution is 6.39. The molecule has 0 spiro atoms. The summed E-state index contributed by atoms with van der Waals surface area (Å²) in [6.45, 7) is 0.746. The number of carbonyl (C=O) groups excluding carboxylic acids is 2. The highest BCUT2D eigenvalue weighted by atomic mass is 16.2. The Morgan fingerprint density at radius 3 is 2.87 bits per heavy atom. The Kier molecular flexibility index (Phi) is 2.70. The molecule has 5 heteroatoms. The smallest absolute Gasteiger partial charge is 0.267 e. The lowest BCUT2D eigenvalue weighted by atomic mass is 10.1. The molecule has 5 nitrogen and oxygen atoms in total. The second-order valence-electron chi connectivity index (χ2n) is 4.12. The molecule has 1 aliphatic carbocycles. The second-order valence-corrected chi connectivity index (χ2v) is 4.12. The van der Waals surface area contributed by atoms with Crippen LogP contribution in [0.3, 0.4) is 0 Å². The van der Waals surface area contributed by atoms with Crippen molar-refractivity contribution in [2.24, 2.45) is 11.0 Å². The van der Waals surface area contributed by atoms with Crippen LogP contribution >= 0.6 is 0 Å². The summed E-state index contributed by atoms with van der Waals surface area (Å²) in [5.74, 6) is 0.507. The van der Waals surface area contributed by atoms with Crippen molar-refractivity contribution in [1.82, 2.24) is 10.3 Å². The zero-order chi connectivity index (χ0) is 10.8. The van der Waals surface area contributed by atoms with E-state index in [0.717, 1.165) is 6.54 Å². The minimum Gasteiger partial charge on any atom is -0.351 e. The van der Waals surface area contributed by atoms with E-state index in [1.165, 1.54) is 17.9 Å². The van der Waals surface area contributed by atoms with Crippen molar-refractivity contribution in [2.45, 2.75) is 25.7 Å². The van der Waals surface area contributed by atoms with Crippen LogP contribution in [-0.4, -0.2) is 36.1 Å². The highest BCUT2D eigenvalue weighted by Crippen LogP contribution is 2.27. The van der Waals surface area contributed by atoms with Gasteiger partial charge in [-0.25, -0.2) is 5.01 Å². The average Bonchev–Trinajstić information content (AvgIpc) is 3.02. The average molecular weight is 209 g/mol. The first kappa shape index (κ1) is 10.1. The van der Waals surface area contributed by atoms with E-state index in [-0.39, 0.29) is 11.8 Å². The first-order valence-electron chi connectivity index (χ1n) is 5.29. The van der Waals surface area contributed by atoms with Crippen LogP contribution in [0, 0.1) is 5.92 Å². The summed E-state index contributed by atoms with van der Waals surface area (Å²) in [5.41, 5.74) is 0.470. The molecule has 15 heavy (non-hydrogen) atoms. The summed E-state index contributed by atoms with van der Waals surface area (Å²) in [6, 6.07) is 0. The van der Waals surface area contributed by atoms with Crippen LogP contribution in [0.15, 0.2) is 5.10 Å². The maximum Gasteiger partial charge on any atom is 0.267 e. The number of hydrogen-bond acceptors (Lipinski definition) is 3. The van der Waals surface area contributed by atoms with Gasteiger partial charge >= 0.3 is 0 Å².